The Morgan fingerprint density at radius 2 is 2.00 bits per heavy atom. The minimum atomic E-state index is -4.28. The number of benzene rings is 1. The van der Waals surface area contributed by atoms with Crippen LogP contribution >= 0.6 is 0 Å². The third-order valence-corrected chi connectivity index (χ3v) is 2.72. The molecule has 0 bridgehead atoms. The largest absolute Gasteiger partial charge is 0.391 e. The number of ether oxygens (including phenoxy) is 1. The number of alkyl halides is 3. The lowest BCUT2D eigenvalue weighted by atomic mass is 10.0. The van der Waals surface area contributed by atoms with Gasteiger partial charge in [-0.25, -0.2) is 4.39 Å². The smallest absolute Gasteiger partial charge is 0.372 e. The summed E-state index contributed by atoms with van der Waals surface area (Å²) >= 11 is 0. The molecule has 0 aliphatic carbocycles. The lowest BCUT2D eigenvalue weighted by Gasteiger charge is -2.24. The van der Waals surface area contributed by atoms with Gasteiger partial charge in [0.05, 0.1) is 19.1 Å². The van der Waals surface area contributed by atoms with Crippen LogP contribution in [0.2, 0.25) is 0 Å². The lowest BCUT2D eigenvalue weighted by Crippen LogP contribution is -2.30. The summed E-state index contributed by atoms with van der Waals surface area (Å²) in [5.74, 6) is -0.467. The summed E-state index contributed by atoms with van der Waals surface area (Å²) in [4.78, 5) is 0. The Morgan fingerprint density at radius 3 is 2.53 bits per heavy atom. The maximum atomic E-state index is 13.1. The Balaban J connectivity index is 2.73. The molecule has 0 fully saturated rings. The van der Waals surface area contributed by atoms with E-state index in [0.717, 1.165) is 0 Å². The van der Waals surface area contributed by atoms with Crippen molar-refractivity contribution in [3.05, 3.63) is 35.6 Å². The fraction of sp³-hybridized carbons (Fsp3) is 0.538. The summed E-state index contributed by atoms with van der Waals surface area (Å²) in [7, 11) is 0. The first-order valence-corrected chi connectivity index (χ1v) is 6.03. The van der Waals surface area contributed by atoms with Crippen molar-refractivity contribution in [3.8, 4) is 0 Å². The third kappa shape index (κ3) is 5.57. The van der Waals surface area contributed by atoms with Crippen LogP contribution in [0.4, 0.5) is 17.6 Å². The summed E-state index contributed by atoms with van der Waals surface area (Å²) in [6.07, 6.45) is -5.53. The lowest BCUT2D eigenvalue weighted by molar-refractivity contribution is -0.150. The fourth-order valence-electron chi connectivity index (χ4n) is 1.67. The van der Waals surface area contributed by atoms with Crippen molar-refractivity contribution in [2.45, 2.75) is 38.1 Å². The average Bonchev–Trinajstić information content (AvgIpc) is 2.32. The second kappa shape index (κ2) is 6.86. The quantitative estimate of drug-likeness (QED) is 0.808. The highest BCUT2D eigenvalue weighted by Crippen LogP contribution is 2.25. The summed E-state index contributed by atoms with van der Waals surface area (Å²) in [6.45, 7) is 1.31. The Bertz CT molecular complexity index is 394. The second-order valence-electron chi connectivity index (χ2n) is 4.28. The zero-order valence-electron chi connectivity index (χ0n) is 10.6. The number of rotatable bonds is 6. The van der Waals surface area contributed by atoms with E-state index in [0.29, 0.717) is 12.0 Å². The Hall–Kier alpha value is -1.14. The van der Waals surface area contributed by atoms with E-state index in [1.807, 2.05) is 0 Å². The predicted octanol–water partition coefficient (Wildman–Crippen LogP) is 3.57. The number of hydrogen-bond acceptors (Lipinski definition) is 2. The molecular weight excluding hydrogens is 262 g/mol. The fourth-order valence-corrected chi connectivity index (χ4v) is 1.67. The Morgan fingerprint density at radius 1 is 1.32 bits per heavy atom. The molecule has 0 aliphatic heterocycles. The molecule has 2 N–H and O–H groups in total. The molecule has 108 valence electrons. The maximum absolute atomic E-state index is 13.1. The van der Waals surface area contributed by atoms with E-state index < -0.39 is 37.2 Å². The van der Waals surface area contributed by atoms with E-state index in [-0.39, 0.29) is 0 Å². The third-order valence-electron chi connectivity index (χ3n) is 2.72. The van der Waals surface area contributed by atoms with Gasteiger partial charge < -0.3 is 10.5 Å². The van der Waals surface area contributed by atoms with Crippen molar-refractivity contribution in [2.24, 2.45) is 5.73 Å². The molecule has 2 unspecified atom stereocenters. The predicted molar refractivity (Wildman–Crippen MR) is 64.0 cm³/mol. The van der Waals surface area contributed by atoms with Crippen LogP contribution in [0.3, 0.4) is 0 Å². The van der Waals surface area contributed by atoms with E-state index in [9.17, 15) is 17.6 Å². The topological polar surface area (TPSA) is 35.2 Å². The molecule has 0 amide bonds. The summed E-state index contributed by atoms with van der Waals surface area (Å²) < 4.78 is 54.6. The van der Waals surface area contributed by atoms with Crippen LogP contribution < -0.4 is 5.73 Å². The molecule has 0 aliphatic rings. The van der Waals surface area contributed by atoms with Gasteiger partial charge >= 0.3 is 6.18 Å². The van der Waals surface area contributed by atoms with Gasteiger partial charge in [-0.05, 0) is 24.1 Å². The molecule has 1 aromatic rings. The monoisotopic (exact) mass is 279 g/mol. The normalized spacial score (nSPS) is 15.3. The first-order chi connectivity index (χ1) is 8.83. The summed E-state index contributed by atoms with van der Waals surface area (Å²) in [6, 6.07) is 5.08. The highest BCUT2D eigenvalue weighted by atomic mass is 19.4. The highest BCUT2D eigenvalue weighted by Gasteiger charge is 2.28. The van der Waals surface area contributed by atoms with Crippen molar-refractivity contribution < 1.29 is 22.3 Å². The van der Waals surface area contributed by atoms with Crippen LogP contribution in [0, 0.1) is 5.82 Å². The van der Waals surface area contributed by atoms with Crippen LogP contribution in [-0.4, -0.2) is 18.8 Å². The SMILES string of the molecule is CCC(N)C(OCCC(F)(F)F)c1cccc(F)c1. The van der Waals surface area contributed by atoms with Gasteiger partial charge in [0.15, 0.2) is 0 Å². The maximum Gasteiger partial charge on any atom is 0.391 e. The van der Waals surface area contributed by atoms with Crippen LogP contribution in [0.5, 0.6) is 0 Å². The zero-order chi connectivity index (χ0) is 14.5. The molecule has 2 atom stereocenters. The molecule has 19 heavy (non-hydrogen) atoms. The van der Waals surface area contributed by atoms with E-state index in [4.69, 9.17) is 10.5 Å². The van der Waals surface area contributed by atoms with Gasteiger partial charge in [0.1, 0.15) is 5.82 Å². The highest BCUT2D eigenvalue weighted by molar-refractivity contribution is 5.20. The van der Waals surface area contributed by atoms with Gasteiger partial charge in [-0.2, -0.15) is 13.2 Å². The van der Waals surface area contributed by atoms with Crippen LogP contribution in [0.1, 0.15) is 31.4 Å². The van der Waals surface area contributed by atoms with Crippen molar-refractivity contribution in [3.63, 3.8) is 0 Å². The summed E-state index contributed by atoms with van der Waals surface area (Å²) in [5.41, 5.74) is 6.28. The van der Waals surface area contributed by atoms with Gasteiger partial charge in [0.2, 0.25) is 0 Å². The van der Waals surface area contributed by atoms with Gasteiger partial charge in [-0.1, -0.05) is 19.1 Å². The van der Waals surface area contributed by atoms with E-state index in [1.165, 1.54) is 18.2 Å². The number of hydrogen-bond donors (Lipinski definition) is 1. The minimum Gasteiger partial charge on any atom is -0.372 e. The molecule has 1 rings (SSSR count). The zero-order valence-corrected chi connectivity index (χ0v) is 10.6. The molecule has 0 saturated heterocycles. The van der Waals surface area contributed by atoms with Crippen LogP contribution in [0.15, 0.2) is 24.3 Å². The first-order valence-electron chi connectivity index (χ1n) is 6.03. The van der Waals surface area contributed by atoms with Gasteiger partial charge in [-0.15, -0.1) is 0 Å². The van der Waals surface area contributed by atoms with Crippen molar-refractivity contribution >= 4 is 0 Å². The molecule has 0 heterocycles. The standard InChI is InChI=1S/C13H17F4NO/c1-2-11(18)12(19-7-6-13(15,16)17)9-4-3-5-10(14)8-9/h3-5,8,11-12H,2,6-7,18H2,1H3. The van der Waals surface area contributed by atoms with Gasteiger partial charge in [0.25, 0.3) is 0 Å². The Labute approximate surface area is 109 Å². The van der Waals surface area contributed by atoms with Crippen molar-refractivity contribution in [1.82, 2.24) is 0 Å². The summed E-state index contributed by atoms with van der Waals surface area (Å²) in [5, 5.41) is 0. The minimum absolute atomic E-state index is 0.455. The van der Waals surface area contributed by atoms with Crippen molar-refractivity contribution in [1.29, 1.82) is 0 Å². The van der Waals surface area contributed by atoms with Crippen molar-refractivity contribution in [2.75, 3.05) is 6.61 Å². The average molecular weight is 279 g/mol. The van der Waals surface area contributed by atoms with E-state index >= 15 is 0 Å². The first kappa shape index (κ1) is 15.9. The molecule has 0 aromatic heterocycles. The second-order valence-corrected chi connectivity index (χ2v) is 4.28. The Kier molecular flexibility index (Phi) is 5.75. The van der Waals surface area contributed by atoms with E-state index in [2.05, 4.69) is 0 Å². The molecule has 0 radical (unpaired) electrons. The molecule has 0 spiro atoms. The van der Waals surface area contributed by atoms with Gasteiger partial charge in [0, 0.05) is 6.04 Å². The van der Waals surface area contributed by atoms with Crippen LogP contribution in [-0.2, 0) is 4.74 Å². The molecule has 2 nitrogen and oxygen atoms in total. The molecule has 0 saturated carbocycles. The molecule has 6 heteroatoms. The van der Waals surface area contributed by atoms with Gasteiger partial charge in [-0.3, -0.25) is 0 Å². The van der Waals surface area contributed by atoms with Crippen LogP contribution in [0.25, 0.3) is 0 Å². The van der Waals surface area contributed by atoms with E-state index in [1.54, 1.807) is 13.0 Å². The number of halogens is 4. The molecular formula is C13H17F4NO. The number of nitrogens with two attached hydrogens (primary N) is 1. The molecule has 1 aromatic carbocycles.